The number of hydrogen-bond acceptors (Lipinski definition) is 3. The number of alkyl halides is 2. The molecule has 1 aliphatic heterocycles. The normalized spacial score (nSPS) is 60.2. The number of hydrogen-bond donors (Lipinski definition) is 2. The first-order valence-corrected chi connectivity index (χ1v) is 14.1. The summed E-state index contributed by atoms with van der Waals surface area (Å²) in [5, 5.41) is 22.2. The molecule has 5 heteroatoms. The Balaban J connectivity index is 1.32. The van der Waals surface area contributed by atoms with Crippen LogP contribution < -0.4 is 0 Å². The molecule has 5 saturated carbocycles. The van der Waals surface area contributed by atoms with Crippen molar-refractivity contribution in [1.82, 2.24) is 0 Å². The van der Waals surface area contributed by atoms with Gasteiger partial charge < -0.3 is 14.9 Å². The van der Waals surface area contributed by atoms with Crippen molar-refractivity contribution in [3.05, 3.63) is 0 Å². The molecule has 2 N–H and O–H groups in total. The van der Waals surface area contributed by atoms with Crippen LogP contribution in [-0.2, 0) is 4.74 Å². The average Bonchev–Trinajstić information content (AvgIpc) is 2.99. The number of aliphatic hydroxyl groups excluding tert-OH is 1. The van der Waals surface area contributed by atoms with Gasteiger partial charge in [0, 0.05) is 18.3 Å². The Morgan fingerprint density at radius 1 is 0.853 bits per heavy atom. The maximum absolute atomic E-state index is 14.8. The molecule has 1 heterocycles. The third-order valence-electron chi connectivity index (χ3n) is 13.3. The lowest BCUT2D eigenvalue weighted by atomic mass is 9.47. The van der Waals surface area contributed by atoms with E-state index in [4.69, 9.17) is 4.74 Å². The molecular weight excluding hydrogens is 434 g/mol. The Labute approximate surface area is 204 Å². The van der Waals surface area contributed by atoms with E-state index in [0.29, 0.717) is 24.2 Å². The second kappa shape index (κ2) is 6.78. The first-order chi connectivity index (χ1) is 15.7. The van der Waals surface area contributed by atoms with E-state index >= 15 is 0 Å². The lowest BCUT2D eigenvalue weighted by Crippen LogP contribution is -2.55. The van der Waals surface area contributed by atoms with Gasteiger partial charge >= 0.3 is 0 Å². The molecule has 0 aromatic carbocycles. The van der Waals surface area contributed by atoms with Gasteiger partial charge in [-0.2, -0.15) is 0 Å². The second-order valence-corrected chi connectivity index (χ2v) is 14.6. The molecule has 0 radical (unpaired) electrons. The third-order valence-corrected chi connectivity index (χ3v) is 13.3. The van der Waals surface area contributed by atoms with Crippen molar-refractivity contribution >= 4 is 0 Å². The summed E-state index contributed by atoms with van der Waals surface area (Å²) >= 11 is 0. The molecule has 0 aromatic rings. The van der Waals surface area contributed by atoms with E-state index in [0.717, 1.165) is 44.9 Å². The highest BCUT2D eigenvalue weighted by atomic mass is 19.3. The second-order valence-electron chi connectivity index (χ2n) is 14.6. The van der Waals surface area contributed by atoms with Crippen LogP contribution in [0.15, 0.2) is 0 Å². The van der Waals surface area contributed by atoms with E-state index < -0.39 is 29.1 Å². The van der Waals surface area contributed by atoms with Crippen molar-refractivity contribution in [2.45, 2.75) is 129 Å². The van der Waals surface area contributed by atoms with Crippen LogP contribution in [0.2, 0.25) is 0 Å². The van der Waals surface area contributed by atoms with Crippen LogP contribution in [0.25, 0.3) is 0 Å². The first-order valence-electron chi connectivity index (χ1n) is 14.1. The SMILES string of the molecule is CC1C2CCC3C4CC(O)C(C5(C)CCC(C(C)(C)O)O5)C4(C)CCC34C(C)C24CCC1(F)F. The van der Waals surface area contributed by atoms with Crippen LogP contribution in [0.4, 0.5) is 8.78 Å². The minimum atomic E-state index is -2.52. The fourth-order valence-electron chi connectivity index (χ4n) is 12.0. The summed E-state index contributed by atoms with van der Waals surface area (Å²) in [5.74, 6) is -1.33. The summed E-state index contributed by atoms with van der Waals surface area (Å²) in [5.41, 5.74) is -1.01. The van der Waals surface area contributed by atoms with Gasteiger partial charge in [0.25, 0.3) is 5.92 Å². The maximum atomic E-state index is 14.8. The van der Waals surface area contributed by atoms with Crippen molar-refractivity contribution in [3.63, 3.8) is 0 Å². The summed E-state index contributed by atoms with van der Waals surface area (Å²) in [6.45, 7) is 12.4. The van der Waals surface area contributed by atoms with Gasteiger partial charge in [-0.25, -0.2) is 8.78 Å². The number of rotatable bonds is 2. The first kappa shape index (κ1) is 24.1. The average molecular weight is 481 g/mol. The highest BCUT2D eigenvalue weighted by molar-refractivity contribution is 5.32. The zero-order valence-corrected chi connectivity index (χ0v) is 22.0. The number of halogens is 2. The zero-order valence-electron chi connectivity index (χ0n) is 22.0. The molecule has 12 atom stereocenters. The molecule has 6 fully saturated rings. The van der Waals surface area contributed by atoms with Crippen molar-refractivity contribution < 1.29 is 23.7 Å². The summed E-state index contributed by atoms with van der Waals surface area (Å²) in [4.78, 5) is 0. The van der Waals surface area contributed by atoms with Gasteiger partial charge in [-0.15, -0.1) is 0 Å². The molecule has 34 heavy (non-hydrogen) atoms. The largest absolute Gasteiger partial charge is 0.393 e. The van der Waals surface area contributed by atoms with Crippen LogP contribution in [0.3, 0.4) is 0 Å². The van der Waals surface area contributed by atoms with Crippen LogP contribution in [0.1, 0.15) is 99.3 Å². The molecule has 0 bridgehead atoms. The van der Waals surface area contributed by atoms with Gasteiger partial charge in [0.2, 0.25) is 0 Å². The van der Waals surface area contributed by atoms with Crippen LogP contribution in [-0.4, -0.2) is 39.5 Å². The fraction of sp³-hybridized carbons (Fsp3) is 1.00. The van der Waals surface area contributed by atoms with Crippen molar-refractivity contribution in [3.8, 4) is 0 Å². The van der Waals surface area contributed by atoms with E-state index in [1.165, 1.54) is 0 Å². The van der Waals surface area contributed by atoms with Gasteiger partial charge in [0.1, 0.15) is 0 Å². The van der Waals surface area contributed by atoms with E-state index in [1.807, 2.05) is 20.8 Å². The molecule has 0 amide bonds. The minimum absolute atomic E-state index is 0.000864. The highest BCUT2D eigenvalue weighted by Gasteiger charge is 2.85. The lowest BCUT2D eigenvalue weighted by Gasteiger charge is -2.58. The Morgan fingerprint density at radius 2 is 1.47 bits per heavy atom. The molecule has 1 saturated heterocycles. The Bertz CT molecular complexity index is 870. The lowest BCUT2D eigenvalue weighted by molar-refractivity contribution is -0.183. The standard InChI is InChI=1S/C29H46F2O3/c1-16-18-7-8-19-20-15-21(32)23(26(6)10-9-22(34-26)24(3,4)33)25(20,5)11-12-28(19)17(2)27(18,28)13-14-29(16,30)31/h16-23,32-33H,7-15H2,1-6H3. The third kappa shape index (κ3) is 2.63. The van der Waals surface area contributed by atoms with E-state index in [9.17, 15) is 19.0 Å². The molecule has 12 unspecified atom stereocenters. The predicted octanol–water partition coefficient (Wildman–Crippen LogP) is 6.21. The van der Waals surface area contributed by atoms with Crippen LogP contribution in [0, 0.1) is 51.8 Å². The highest BCUT2D eigenvalue weighted by Crippen LogP contribution is 2.89. The van der Waals surface area contributed by atoms with Gasteiger partial charge in [0.15, 0.2) is 0 Å². The molecule has 0 aromatic heterocycles. The summed E-state index contributed by atoms with van der Waals surface area (Å²) < 4.78 is 36.1. The minimum Gasteiger partial charge on any atom is -0.393 e. The van der Waals surface area contributed by atoms with Crippen molar-refractivity contribution in [1.29, 1.82) is 0 Å². The van der Waals surface area contributed by atoms with Gasteiger partial charge in [-0.3, -0.25) is 0 Å². The van der Waals surface area contributed by atoms with Crippen LogP contribution in [0.5, 0.6) is 0 Å². The molecule has 194 valence electrons. The maximum Gasteiger partial charge on any atom is 0.250 e. The monoisotopic (exact) mass is 480 g/mol. The summed E-state index contributed by atoms with van der Waals surface area (Å²) in [7, 11) is 0. The quantitative estimate of drug-likeness (QED) is 0.494. The van der Waals surface area contributed by atoms with Gasteiger partial charge in [0.05, 0.1) is 23.4 Å². The summed E-state index contributed by atoms with van der Waals surface area (Å²) in [6.07, 6.45) is 6.82. The van der Waals surface area contributed by atoms with Crippen LogP contribution >= 0.6 is 0 Å². The number of fused-ring (bicyclic) bond motifs is 2. The smallest absolute Gasteiger partial charge is 0.250 e. The molecule has 3 nitrogen and oxygen atoms in total. The molecule has 2 spiro atoms. The number of aliphatic hydroxyl groups is 2. The Hall–Kier alpha value is -0.260. The van der Waals surface area contributed by atoms with E-state index in [-0.39, 0.29) is 40.6 Å². The van der Waals surface area contributed by atoms with Gasteiger partial charge in [-0.05, 0) is 112 Å². The van der Waals surface area contributed by atoms with Gasteiger partial charge in [-0.1, -0.05) is 20.8 Å². The zero-order chi connectivity index (χ0) is 24.7. The Morgan fingerprint density at radius 3 is 2.12 bits per heavy atom. The topological polar surface area (TPSA) is 49.7 Å². The van der Waals surface area contributed by atoms with E-state index in [1.54, 1.807) is 0 Å². The number of ether oxygens (including phenoxy) is 1. The molecule has 6 aliphatic rings. The predicted molar refractivity (Wildman–Crippen MR) is 127 cm³/mol. The van der Waals surface area contributed by atoms with Crippen molar-refractivity contribution in [2.24, 2.45) is 51.8 Å². The molecule has 6 rings (SSSR count). The van der Waals surface area contributed by atoms with E-state index in [2.05, 4.69) is 20.8 Å². The fourth-order valence-corrected chi connectivity index (χ4v) is 12.0. The molecule has 5 aliphatic carbocycles. The molecular formula is C29H46F2O3. The summed E-state index contributed by atoms with van der Waals surface area (Å²) in [6, 6.07) is 0. The Kier molecular flexibility index (Phi) is 4.81. The van der Waals surface area contributed by atoms with Crippen molar-refractivity contribution in [2.75, 3.05) is 0 Å².